The Bertz CT molecular complexity index is 1360. The predicted octanol–water partition coefficient (Wildman–Crippen LogP) is 3.55. The molecule has 2 fully saturated rings. The van der Waals surface area contributed by atoms with Gasteiger partial charge in [0.15, 0.2) is 5.82 Å². The number of carbonyl (C=O) groups is 2. The lowest BCUT2D eigenvalue weighted by molar-refractivity contribution is -0.127. The quantitative estimate of drug-likeness (QED) is 0.448. The van der Waals surface area contributed by atoms with Crippen molar-refractivity contribution < 1.29 is 23.5 Å². The molecule has 37 heavy (non-hydrogen) atoms. The highest BCUT2D eigenvalue weighted by molar-refractivity contribution is 6.31. The van der Waals surface area contributed by atoms with Crippen molar-refractivity contribution in [3.63, 3.8) is 0 Å². The van der Waals surface area contributed by atoms with Crippen LogP contribution in [0.2, 0.25) is 5.02 Å². The summed E-state index contributed by atoms with van der Waals surface area (Å²) in [6.07, 6.45) is 3.75. The van der Waals surface area contributed by atoms with E-state index in [0.29, 0.717) is 30.8 Å². The van der Waals surface area contributed by atoms with Crippen LogP contribution >= 0.6 is 11.6 Å². The molecule has 194 valence electrons. The van der Waals surface area contributed by atoms with Gasteiger partial charge in [0.25, 0.3) is 5.91 Å². The van der Waals surface area contributed by atoms with Crippen molar-refractivity contribution in [2.45, 2.75) is 50.8 Å². The lowest BCUT2D eigenvalue weighted by Crippen LogP contribution is -2.50. The summed E-state index contributed by atoms with van der Waals surface area (Å²) in [5.41, 5.74) is 0.853. The van der Waals surface area contributed by atoms with E-state index in [-0.39, 0.29) is 46.3 Å². The van der Waals surface area contributed by atoms with E-state index in [0.717, 1.165) is 31.3 Å². The molecule has 1 unspecified atom stereocenters. The molecule has 3 aromatic rings. The first-order chi connectivity index (χ1) is 17.7. The number of rotatable bonds is 6. The monoisotopic (exact) mass is 530 g/mol. The molecule has 4 heterocycles. The molecule has 1 aliphatic heterocycles. The third-order valence-corrected chi connectivity index (χ3v) is 7.37. The van der Waals surface area contributed by atoms with E-state index in [4.69, 9.17) is 11.6 Å². The number of pyridine rings is 2. The molecular weight excluding hydrogens is 506 g/mol. The number of piperidine rings is 1. The van der Waals surface area contributed by atoms with E-state index in [9.17, 15) is 23.5 Å². The summed E-state index contributed by atoms with van der Waals surface area (Å²) in [6, 6.07) is 4.04. The molecule has 2 atom stereocenters. The highest BCUT2D eigenvalue weighted by atomic mass is 35.5. The maximum atomic E-state index is 14.4. The summed E-state index contributed by atoms with van der Waals surface area (Å²) >= 11 is 6.00. The minimum atomic E-state index is -0.878. The van der Waals surface area contributed by atoms with Crippen LogP contribution in [-0.2, 0) is 11.3 Å². The number of nitrogens with one attached hydrogen (secondary N) is 2. The summed E-state index contributed by atoms with van der Waals surface area (Å²) in [5, 5.41) is 19.6. The molecule has 3 N–H and O–H groups in total. The Morgan fingerprint density at radius 2 is 2.05 bits per heavy atom. The van der Waals surface area contributed by atoms with Gasteiger partial charge in [-0.3, -0.25) is 24.7 Å². The fourth-order valence-corrected chi connectivity index (χ4v) is 5.05. The van der Waals surface area contributed by atoms with Gasteiger partial charge in [-0.25, -0.2) is 8.78 Å². The molecule has 1 saturated heterocycles. The number of aromatic amines is 1. The summed E-state index contributed by atoms with van der Waals surface area (Å²) in [6.45, 7) is 2.00. The van der Waals surface area contributed by atoms with Crippen molar-refractivity contribution in [1.29, 1.82) is 0 Å². The van der Waals surface area contributed by atoms with E-state index in [2.05, 4.69) is 25.5 Å². The molecule has 3 aromatic heterocycles. The molecule has 5 rings (SSSR count). The third kappa shape index (κ3) is 5.05. The van der Waals surface area contributed by atoms with Gasteiger partial charge in [0, 0.05) is 23.6 Å². The van der Waals surface area contributed by atoms with Crippen molar-refractivity contribution in [2.24, 2.45) is 5.92 Å². The van der Waals surface area contributed by atoms with E-state index >= 15 is 0 Å². The second-order valence-corrected chi connectivity index (χ2v) is 10.0. The first kappa shape index (κ1) is 25.2. The molecule has 0 bridgehead atoms. The lowest BCUT2D eigenvalue weighted by atomic mass is 9.88. The van der Waals surface area contributed by atoms with Gasteiger partial charge >= 0.3 is 0 Å². The predicted molar refractivity (Wildman–Crippen MR) is 129 cm³/mol. The molecular formula is C25H25ClF2N6O3. The molecule has 9 nitrogen and oxygen atoms in total. The number of aliphatic hydroxyl groups is 1. The molecule has 1 spiro atoms. The Morgan fingerprint density at radius 1 is 1.27 bits per heavy atom. The van der Waals surface area contributed by atoms with Gasteiger partial charge in [-0.05, 0) is 50.8 Å². The molecule has 1 saturated carbocycles. The zero-order valence-corrected chi connectivity index (χ0v) is 20.7. The largest absolute Gasteiger partial charge is 0.387 e. The average Bonchev–Trinajstić information content (AvgIpc) is 3.44. The van der Waals surface area contributed by atoms with Crippen LogP contribution in [0.25, 0.3) is 11.3 Å². The zero-order valence-electron chi connectivity index (χ0n) is 20.0. The number of H-pyrrole nitrogens is 1. The average molecular weight is 531 g/mol. The number of aromatic nitrogens is 4. The number of likely N-dealkylation sites (tertiary alicyclic amines) is 1. The number of halogens is 3. The zero-order chi connectivity index (χ0) is 26.3. The highest BCUT2D eigenvalue weighted by Gasteiger charge is 2.54. The third-order valence-electron chi connectivity index (χ3n) is 7.05. The number of amides is 2. The standard InChI is InChI=1S/C25H25ClF2N6O3/c1-13(35)19-7-16(18(28)11-30-19)20-8-21(33-32-20)24(37)34-5-2-14(9-25(34)3-4-25)23(36)31-12-22-17(26)6-15(27)10-29-22/h6-8,10-11,13-14,35H,2-5,9,12H2,1H3,(H,31,36)(H,32,33)/t13-,14?/m0/s1. The Morgan fingerprint density at radius 3 is 2.76 bits per heavy atom. The van der Waals surface area contributed by atoms with Crippen LogP contribution < -0.4 is 5.32 Å². The van der Waals surface area contributed by atoms with Crippen LogP contribution in [0.4, 0.5) is 8.78 Å². The first-order valence-electron chi connectivity index (χ1n) is 12.0. The van der Waals surface area contributed by atoms with Gasteiger partial charge in [-0.1, -0.05) is 11.6 Å². The van der Waals surface area contributed by atoms with Crippen molar-refractivity contribution >= 4 is 23.4 Å². The minimum absolute atomic E-state index is 0.0867. The molecule has 1 aliphatic carbocycles. The molecule has 2 amide bonds. The summed E-state index contributed by atoms with van der Waals surface area (Å²) in [5.74, 6) is -1.87. The van der Waals surface area contributed by atoms with Crippen molar-refractivity contribution in [1.82, 2.24) is 30.4 Å². The van der Waals surface area contributed by atoms with Crippen molar-refractivity contribution in [3.05, 3.63) is 64.3 Å². The molecule has 12 heteroatoms. The van der Waals surface area contributed by atoms with Gasteiger partial charge in [0.1, 0.15) is 11.5 Å². The van der Waals surface area contributed by atoms with Crippen LogP contribution in [0.5, 0.6) is 0 Å². The van der Waals surface area contributed by atoms with E-state index in [1.54, 1.807) is 4.90 Å². The lowest BCUT2D eigenvalue weighted by Gasteiger charge is -2.39. The SMILES string of the molecule is C[C@H](O)c1cc(-c2cc(C(=O)N3CCC(C(=O)NCc4ncc(F)cc4Cl)CC34CC4)[nH]n2)c(F)cn1. The van der Waals surface area contributed by atoms with Crippen molar-refractivity contribution in [2.75, 3.05) is 6.54 Å². The second kappa shape index (κ2) is 9.79. The minimum Gasteiger partial charge on any atom is -0.387 e. The Balaban J connectivity index is 1.25. The Labute approximate surface area is 216 Å². The van der Waals surface area contributed by atoms with Gasteiger partial charge in [-0.2, -0.15) is 5.10 Å². The van der Waals surface area contributed by atoms with Gasteiger partial charge in [0.05, 0.1) is 47.1 Å². The molecule has 0 aromatic carbocycles. The topological polar surface area (TPSA) is 124 Å². The second-order valence-electron chi connectivity index (χ2n) is 9.60. The number of aliphatic hydroxyl groups excluding tert-OH is 1. The summed E-state index contributed by atoms with van der Waals surface area (Å²) in [7, 11) is 0. The van der Waals surface area contributed by atoms with Crippen molar-refractivity contribution in [3.8, 4) is 11.3 Å². The normalized spacial score (nSPS) is 19.1. The number of hydrogen-bond acceptors (Lipinski definition) is 6. The van der Waals surface area contributed by atoms with E-state index in [1.165, 1.54) is 19.1 Å². The number of nitrogens with zero attached hydrogens (tertiary/aromatic N) is 4. The van der Waals surface area contributed by atoms with Crippen LogP contribution in [0.15, 0.2) is 30.6 Å². The van der Waals surface area contributed by atoms with Crippen LogP contribution in [0.1, 0.15) is 60.6 Å². The number of hydrogen-bond donors (Lipinski definition) is 3. The van der Waals surface area contributed by atoms with Gasteiger partial charge in [0.2, 0.25) is 5.91 Å². The number of carbonyl (C=O) groups excluding carboxylic acids is 2. The summed E-state index contributed by atoms with van der Waals surface area (Å²) < 4.78 is 27.6. The first-order valence-corrected chi connectivity index (χ1v) is 12.3. The fourth-order valence-electron chi connectivity index (χ4n) is 4.83. The van der Waals surface area contributed by atoms with Gasteiger partial charge in [-0.15, -0.1) is 0 Å². The smallest absolute Gasteiger partial charge is 0.272 e. The van der Waals surface area contributed by atoms with E-state index < -0.39 is 23.3 Å². The van der Waals surface area contributed by atoms with Crippen LogP contribution in [0, 0.1) is 17.6 Å². The summed E-state index contributed by atoms with van der Waals surface area (Å²) in [4.78, 5) is 35.8. The fraction of sp³-hybridized carbons (Fsp3) is 0.400. The maximum Gasteiger partial charge on any atom is 0.272 e. The van der Waals surface area contributed by atoms with E-state index in [1.807, 2.05) is 0 Å². The Kier molecular flexibility index (Phi) is 6.67. The highest BCUT2D eigenvalue weighted by Crippen LogP contribution is 2.50. The van der Waals surface area contributed by atoms with Crippen LogP contribution in [0.3, 0.4) is 0 Å². The maximum absolute atomic E-state index is 14.4. The van der Waals surface area contributed by atoms with Crippen LogP contribution in [-0.4, -0.2) is 54.1 Å². The Hall–Kier alpha value is -3.44. The van der Waals surface area contributed by atoms with Gasteiger partial charge < -0.3 is 15.3 Å². The molecule has 0 radical (unpaired) electrons. The molecule has 2 aliphatic rings.